The monoisotopic (exact) mass is 932 g/mol. The smallest absolute Gasteiger partial charge is 0.324 e. The summed E-state index contributed by atoms with van der Waals surface area (Å²) in [6.07, 6.45) is 4.01. The van der Waals surface area contributed by atoms with Crippen LogP contribution in [0.5, 0.6) is 5.75 Å². The van der Waals surface area contributed by atoms with Crippen molar-refractivity contribution in [3.8, 4) is 28.1 Å². The molecule has 4 aliphatic rings. The number of esters is 1. The first-order chi connectivity index (χ1) is 32.4. The number of aromatic nitrogens is 2. The normalized spacial score (nSPS) is 21.6. The Morgan fingerprint density at radius 2 is 1.72 bits per heavy atom. The van der Waals surface area contributed by atoms with Crippen molar-refractivity contribution in [3.05, 3.63) is 71.5 Å². The number of amides is 5. The fraction of sp³-hybridized carbons (Fsp3) is 0.538. The van der Waals surface area contributed by atoms with Gasteiger partial charge in [-0.3, -0.25) is 29.2 Å². The Morgan fingerprint density at radius 3 is 2.44 bits per heavy atom. The van der Waals surface area contributed by atoms with E-state index in [2.05, 4.69) is 73.4 Å². The molecular weight excluding hydrogens is 863 g/mol. The molecule has 16 nitrogen and oxygen atoms in total. The number of aromatic hydroxyl groups is 1. The average molecular weight is 932 g/mol. The van der Waals surface area contributed by atoms with Crippen molar-refractivity contribution in [3.63, 3.8) is 0 Å². The molecule has 8 rings (SSSR count). The highest BCUT2D eigenvalue weighted by atomic mass is 16.5. The second kappa shape index (κ2) is 19.9. The number of hydrogen-bond acceptors (Lipinski definition) is 10. The van der Waals surface area contributed by atoms with Crippen LogP contribution < -0.4 is 16.1 Å². The van der Waals surface area contributed by atoms with E-state index in [9.17, 15) is 29.1 Å². The van der Waals surface area contributed by atoms with Gasteiger partial charge in [0.15, 0.2) is 0 Å². The number of nitrogens with one attached hydrogen (secondary N) is 3. The predicted molar refractivity (Wildman–Crippen MR) is 260 cm³/mol. The van der Waals surface area contributed by atoms with Gasteiger partial charge in [0.05, 0.1) is 24.0 Å². The first-order valence-electron chi connectivity index (χ1n) is 24.5. The number of carbonyl (C=O) groups is 5. The number of aryl methyl sites for hydroxylation is 1. The van der Waals surface area contributed by atoms with Crippen molar-refractivity contribution in [2.24, 2.45) is 11.3 Å². The van der Waals surface area contributed by atoms with Gasteiger partial charge in [-0.25, -0.2) is 10.2 Å². The second-order valence-electron chi connectivity index (χ2n) is 20.5. The largest absolute Gasteiger partial charge is 0.508 e. The number of benzene rings is 2. The van der Waals surface area contributed by atoms with Crippen molar-refractivity contribution in [1.29, 1.82) is 0 Å². The third kappa shape index (κ3) is 10.2. The standard InChI is InChI=1S/C52H69N9O7/c1-9-60-43-16-15-34-27-38(43)39(46(60)37-13-10-17-53-44(37)31(2)3)28-52(6,7)30-68-50(66)40-14-11-20-61(56-40)49(65)41(25-33-23-35(34)26-36(62)24-33)55-47(63)45(32(4)5)57(8)51(67)59-19-12-18-58(21-22-59)48(64)42-29-54-42/h10,13,15-17,23-24,26-27,31-32,40-42,45,54,56,62H,9,11-12,14,18-22,25,28-30H2,1-8H3,(H,55,63)/t40-,41-,42+,45-/m0/s1. The Hall–Kier alpha value is -6.00. The van der Waals surface area contributed by atoms with E-state index in [1.807, 2.05) is 38.2 Å². The summed E-state index contributed by atoms with van der Waals surface area (Å²) < 4.78 is 8.46. The summed E-state index contributed by atoms with van der Waals surface area (Å²) in [4.78, 5) is 80.1. The summed E-state index contributed by atoms with van der Waals surface area (Å²) in [6.45, 7) is 17.8. The molecule has 4 aliphatic heterocycles. The number of likely N-dealkylation sites (N-methyl/N-ethyl adjacent to an activating group) is 1. The Labute approximate surface area is 399 Å². The highest BCUT2D eigenvalue weighted by Gasteiger charge is 2.40. The number of pyridine rings is 1. The number of hydrogen-bond donors (Lipinski definition) is 4. The van der Waals surface area contributed by atoms with Crippen LogP contribution in [0.15, 0.2) is 54.7 Å². The molecule has 2 aromatic heterocycles. The van der Waals surface area contributed by atoms with Gasteiger partial charge in [0.1, 0.15) is 23.9 Å². The molecule has 16 heteroatoms. The number of nitrogens with zero attached hydrogens (tertiary/aromatic N) is 6. The number of ether oxygens (including phenoxy) is 1. The summed E-state index contributed by atoms with van der Waals surface area (Å²) >= 11 is 0. The molecule has 0 unspecified atom stereocenters. The number of urea groups is 1. The van der Waals surface area contributed by atoms with Crippen molar-refractivity contribution in [2.75, 3.05) is 52.9 Å². The maximum Gasteiger partial charge on any atom is 0.324 e. The molecule has 4 N–H and O–H groups in total. The minimum atomic E-state index is -1.15. The topological polar surface area (TPSA) is 192 Å². The van der Waals surface area contributed by atoms with E-state index in [1.54, 1.807) is 29.0 Å². The number of fused-ring (bicyclic) bond motifs is 6. The number of rotatable bonds is 8. The quantitative estimate of drug-likeness (QED) is 0.131. The molecule has 3 fully saturated rings. The van der Waals surface area contributed by atoms with Gasteiger partial charge >= 0.3 is 12.0 Å². The zero-order valence-electron chi connectivity index (χ0n) is 40.9. The fourth-order valence-corrected chi connectivity index (χ4v) is 10.4. The van der Waals surface area contributed by atoms with Crippen LogP contribution in [0.2, 0.25) is 0 Å². The summed E-state index contributed by atoms with van der Waals surface area (Å²) in [5.41, 5.74) is 10.1. The summed E-state index contributed by atoms with van der Waals surface area (Å²) in [7, 11) is 1.60. The SMILES string of the molecule is CCn1c(-c2cccnc2C(C)C)c2c3cc(ccc31)-c1cc(O)cc(c1)C[C@H](NC(=O)[C@H](C(C)C)N(C)C(=O)N1CCCN(C(=O)[C@H]3CN3)CC1)C(=O)N1CCC[C@H](N1)C(=O)OCC(C)(C)C2. The zero-order valence-corrected chi connectivity index (χ0v) is 40.9. The predicted octanol–water partition coefficient (Wildman–Crippen LogP) is 5.45. The lowest BCUT2D eigenvalue weighted by Gasteiger charge is -2.37. The highest BCUT2D eigenvalue weighted by molar-refractivity contribution is 5.96. The van der Waals surface area contributed by atoms with Gasteiger partial charge in [-0.15, -0.1) is 0 Å². The van der Waals surface area contributed by atoms with Crippen LogP contribution in [0, 0.1) is 11.3 Å². The van der Waals surface area contributed by atoms with Gasteiger partial charge < -0.3 is 39.7 Å². The molecule has 0 radical (unpaired) electrons. The number of carbonyl (C=O) groups excluding carboxylic acids is 5. The molecule has 364 valence electrons. The Kier molecular flexibility index (Phi) is 14.2. The van der Waals surface area contributed by atoms with Gasteiger partial charge in [-0.05, 0) is 103 Å². The number of cyclic esters (lactones) is 1. The summed E-state index contributed by atoms with van der Waals surface area (Å²) in [5.74, 6) is -1.57. The van der Waals surface area contributed by atoms with Crippen molar-refractivity contribution in [1.82, 2.24) is 45.3 Å². The van der Waals surface area contributed by atoms with E-state index in [0.29, 0.717) is 70.5 Å². The summed E-state index contributed by atoms with van der Waals surface area (Å²) in [6, 6.07) is 12.3. The zero-order chi connectivity index (χ0) is 48.6. The van der Waals surface area contributed by atoms with Gasteiger partial charge in [0.25, 0.3) is 5.91 Å². The minimum Gasteiger partial charge on any atom is -0.508 e. The van der Waals surface area contributed by atoms with Crippen LogP contribution in [-0.4, -0.2) is 141 Å². The Morgan fingerprint density at radius 1 is 0.971 bits per heavy atom. The van der Waals surface area contributed by atoms with Crippen molar-refractivity contribution < 1.29 is 33.8 Å². The lowest BCUT2D eigenvalue weighted by Crippen LogP contribution is -2.62. The highest BCUT2D eigenvalue weighted by Crippen LogP contribution is 2.42. The van der Waals surface area contributed by atoms with Gasteiger partial charge in [0.2, 0.25) is 11.8 Å². The number of phenols is 1. The number of phenolic OH excluding ortho intramolecular Hbond substituents is 1. The molecule has 2 aromatic carbocycles. The molecule has 0 spiro atoms. The molecule has 0 saturated carbocycles. The summed E-state index contributed by atoms with van der Waals surface area (Å²) in [5, 5.41) is 19.9. The minimum absolute atomic E-state index is 0.00458. The van der Waals surface area contributed by atoms with Crippen LogP contribution in [0.4, 0.5) is 4.79 Å². The van der Waals surface area contributed by atoms with Crippen molar-refractivity contribution >= 4 is 40.6 Å². The maximum atomic E-state index is 14.8. The van der Waals surface area contributed by atoms with E-state index in [1.165, 1.54) is 9.91 Å². The van der Waals surface area contributed by atoms with E-state index in [-0.39, 0.29) is 55.1 Å². The first kappa shape index (κ1) is 48.5. The molecule has 6 heterocycles. The van der Waals surface area contributed by atoms with Crippen LogP contribution in [0.1, 0.15) is 90.5 Å². The molecule has 68 heavy (non-hydrogen) atoms. The Bertz CT molecular complexity index is 2570. The molecule has 3 saturated heterocycles. The van der Waals surface area contributed by atoms with E-state index < -0.39 is 41.3 Å². The fourth-order valence-electron chi connectivity index (χ4n) is 10.4. The molecule has 6 bridgehead atoms. The van der Waals surface area contributed by atoms with E-state index in [0.717, 1.165) is 44.5 Å². The molecular formula is C52H69N9O7. The lowest BCUT2D eigenvalue weighted by atomic mass is 9.83. The Balaban J connectivity index is 1.16. The van der Waals surface area contributed by atoms with Crippen LogP contribution in [0.3, 0.4) is 0 Å². The van der Waals surface area contributed by atoms with Crippen LogP contribution >= 0.6 is 0 Å². The number of hydrazine groups is 1. The first-order valence-corrected chi connectivity index (χ1v) is 24.5. The maximum absolute atomic E-state index is 14.8. The van der Waals surface area contributed by atoms with Gasteiger partial charge in [-0.2, -0.15) is 0 Å². The van der Waals surface area contributed by atoms with Crippen molar-refractivity contribution in [2.45, 2.75) is 117 Å². The second-order valence-corrected chi connectivity index (χ2v) is 20.5. The van der Waals surface area contributed by atoms with E-state index in [4.69, 9.17) is 9.72 Å². The van der Waals surface area contributed by atoms with Gasteiger partial charge in [0, 0.05) is 87.4 Å². The molecule has 0 aliphatic carbocycles. The lowest BCUT2D eigenvalue weighted by molar-refractivity contribution is -0.155. The van der Waals surface area contributed by atoms with E-state index >= 15 is 0 Å². The third-order valence-corrected chi connectivity index (χ3v) is 13.9. The van der Waals surface area contributed by atoms with Gasteiger partial charge in [-0.1, -0.05) is 53.7 Å². The molecule has 4 aromatic rings. The molecule has 4 atom stereocenters. The average Bonchev–Trinajstić information content (AvgIpc) is 4.16. The third-order valence-electron chi connectivity index (χ3n) is 13.9. The van der Waals surface area contributed by atoms with Crippen LogP contribution in [0.25, 0.3) is 33.3 Å². The molecule has 5 amide bonds. The van der Waals surface area contributed by atoms with Crippen LogP contribution in [-0.2, 0) is 43.3 Å².